The van der Waals surface area contributed by atoms with Crippen LogP contribution in [0, 0.1) is 10.1 Å². The lowest BCUT2D eigenvalue weighted by atomic mass is 10.0. The minimum atomic E-state index is -3.93. The van der Waals surface area contributed by atoms with Crippen molar-refractivity contribution in [2.75, 3.05) is 38.7 Å². The van der Waals surface area contributed by atoms with Gasteiger partial charge in [0.15, 0.2) is 6.10 Å². The molecule has 2 aromatic rings. The van der Waals surface area contributed by atoms with Gasteiger partial charge in [-0.05, 0) is 67.8 Å². The second-order valence-electron chi connectivity index (χ2n) is 9.12. The van der Waals surface area contributed by atoms with Crippen molar-refractivity contribution < 1.29 is 57.4 Å². The fourth-order valence-electron chi connectivity index (χ4n) is 3.15. The number of nitro benzene ring substituents is 1. The standard InChI is InChI=1S/C18H16ClNO7.C8H19NO6S/c19-13-5-9-15(10-6-13)26-11-1-2-16(21)27-18(23)17(22)12-3-7-14(8-4-12)20(24)25;10-5-8(6-11,7-12)9-3-1-2-4-16(13,14)15/h3-10,17,22H,1-2,11H2;9-12H,1-7H2,(H,13,14,15)/t17-;/m0./s1. The number of carbonyl (C=O) groups excluding carboxylic acids is 2. The van der Waals surface area contributed by atoms with Crippen LogP contribution in [0.1, 0.15) is 37.4 Å². The SMILES string of the molecule is O=C(CCCOc1ccc(Cl)cc1)OC(=O)[C@@H](O)c1ccc([N+](=O)[O-])cc1.O=S(=O)(O)CCCCNC(CO)(CO)CO. The Morgan fingerprint density at radius 1 is 0.977 bits per heavy atom. The van der Waals surface area contributed by atoms with Crippen LogP contribution in [0.2, 0.25) is 5.02 Å². The first-order valence-corrected chi connectivity index (χ1v) is 14.8. The minimum absolute atomic E-state index is 0.0771. The van der Waals surface area contributed by atoms with E-state index in [0.29, 0.717) is 30.2 Å². The minimum Gasteiger partial charge on any atom is -0.494 e. The number of esters is 2. The molecule has 6 N–H and O–H groups in total. The lowest BCUT2D eigenvalue weighted by Crippen LogP contribution is -2.55. The van der Waals surface area contributed by atoms with Crippen LogP contribution in [-0.4, -0.2) is 94.5 Å². The van der Waals surface area contributed by atoms with Crippen LogP contribution in [0.25, 0.3) is 0 Å². The van der Waals surface area contributed by atoms with Crippen LogP contribution in [-0.2, 0) is 24.4 Å². The van der Waals surface area contributed by atoms with Gasteiger partial charge in [0.05, 0.1) is 42.6 Å². The van der Waals surface area contributed by atoms with Gasteiger partial charge < -0.3 is 35.2 Å². The summed E-state index contributed by atoms with van der Waals surface area (Å²) in [7, 11) is -3.93. The molecule has 17 heteroatoms. The number of nitrogens with one attached hydrogen (secondary N) is 1. The Hall–Kier alpha value is -3.22. The van der Waals surface area contributed by atoms with E-state index in [-0.39, 0.29) is 36.5 Å². The van der Waals surface area contributed by atoms with Crippen LogP contribution < -0.4 is 10.1 Å². The van der Waals surface area contributed by atoms with Gasteiger partial charge in [-0.2, -0.15) is 8.42 Å². The molecule has 0 bridgehead atoms. The zero-order chi connectivity index (χ0) is 32.5. The van der Waals surface area contributed by atoms with E-state index >= 15 is 0 Å². The average Bonchev–Trinajstić information content (AvgIpc) is 2.98. The van der Waals surface area contributed by atoms with Crippen molar-refractivity contribution >= 4 is 39.3 Å². The Balaban J connectivity index is 0.000000496. The predicted octanol–water partition coefficient (Wildman–Crippen LogP) is 1.17. The lowest BCUT2D eigenvalue weighted by Gasteiger charge is -2.28. The predicted molar refractivity (Wildman–Crippen MR) is 153 cm³/mol. The van der Waals surface area contributed by atoms with Crippen molar-refractivity contribution in [2.45, 2.75) is 37.3 Å². The summed E-state index contributed by atoms with van der Waals surface area (Å²) in [6.45, 7) is -0.693. The summed E-state index contributed by atoms with van der Waals surface area (Å²) in [4.78, 5) is 33.4. The largest absolute Gasteiger partial charge is 0.494 e. The quantitative estimate of drug-likeness (QED) is 0.0352. The number of halogens is 1. The molecule has 15 nitrogen and oxygen atoms in total. The number of hydrogen-bond donors (Lipinski definition) is 6. The number of rotatable bonds is 17. The monoisotopic (exact) mass is 650 g/mol. The maximum absolute atomic E-state index is 11.8. The van der Waals surface area contributed by atoms with E-state index in [1.807, 2.05) is 0 Å². The molecule has 0 radical (unpaired) electrons. The smallest absolute Gasteiger partial charge is 0.347 e. The molecule has 0 unspecified atom stereocenters. The molecular formula is C26H35ClN2O13S. The van der Waals surface area contributed by atoms with Gasteiger partial charge >= 0.3 is 11.9 Å². The first-order chi connectivity index (χ1) is 20.3. The first-order valence-electron chi connectivity index (χ1n) is 12.8. The summed E-state index contributed by atoms with van der Waals surface area (Å²) < 4.78 is 39.2. The summed E-state index contributed by atoms with van der Waals surface area (Å²) in [6, 6.07) is 11.4. The highest BCUT2D eigenvalue weighted by molar-refractivity contribution is 7.85. The van der Waals surface area contributed by atoms with E-state index < -0.39 is 58.4 Å². The number of nitro groups is 1. The molecule has 0 heterocycles. The molecule has 0 aliphatic rings. The molecule has 0 saturated heterocycles. The van der Waals surface area contributed by atoms with Gasteiger partial charge in [-0.3, -0.25) is 19.5 Å². The molecule has 240 valence electrons. The number of hydrogen-bond acceptors (Lipinski definition) is 13. The first kappa shape index (κ1) is 37.8. The maximum Gasteiger partial charge on any atom is 0.347 e. The molecule has 0 amide bonds. The topological polar surface area (TPSA) is 243 Å². The number of aliphatic hydroxyl groups excluding tert-OH is 4. The summed E-state index contributed by atoms with van der Waals surface area (Å²) >= 11 is 5.76. The van der Waals surface area contributed by atoms with Crippen LogP contribution in [0.3, 0.4) is 0 Å². The van der Waals surface area contributed by atoms with E-state index in [0.717, 1.165) is 12.1 Å². The normalized spacial score (nSPS) is 12.0. The number of ether oxygens (including phenoxy) is 2. The van der Waals surface area contributed by atoms with Gasteiger partial charge in [0.1, 0.15) is 5.75 Å². The van der Waals surface area contributed by atoms with Crippen LogP contribution in [0.5, 0.6) is 5.75 Å². The average molecular weight is 651 g/mol. The molecule has 0 spiro atoms. The second-order valence-corrected chi connectivity index (χ2v) is 11.1. The number of carbonyl (C=O) groups is 2. The number of unbranched alkanes of at least 4 members (excludes halogenated alkanes) is 1. The van der Waals surface area contributed by atoms with Crippen molar-refractivity contribution in [1.29, 1.82) is 0 Å². The zero-order valence-corrected chi connectivity index (χ0v) is 24.6. The summed E-state index contributed by atoms with van der Waals surface area (Å²) in [5.74, 6) is -1.68. The van der Waals surface area contributed by atoms with Gasteiger partial charge in [-0.15, -0.1) is 0 Å². The van der Waals surface area contributed by atoms with Crippen molar-refractivity contribution in [3.63, 3.8) is 0 Å². The highest BCUT2D eigenvalue weighted by Gasteiger charge is 2.26. The van der Waals surface area contributed by atoms with Crippen molar-refractivity contribution in [2.24, 2.45) is 0 Å². The van der Waals surface area contributed by atoms with Gasteiger partial charge in [-0.25, -0.2) is 4.79 Å². The summed E-state index contributed by atoms with van der Waals surface area (Å²) in [5.41, 5.74) is -1.24. The Morgan fingerprint density at radius 3 is 2.07 bits per heavy atom. The molecule has 2 rings (SSSR count). The van der Waals surface area contributed by atoms with Gasteiger partial charge in [0.25, 0.3) is 15.8 Å². The molecule has 0 aliphatic heterocycles. The van der Waals surface area contributed by atoms with Gasteiger partial charge in [-0.1, -0.05) is 11.6 Å². The highest BCUT2D eigenvalue weighted by Crippen LogP contribution is 2.19. The van der Waals surface area contributed by atoms with Crippen LogP contribution in [0.4, 0.5) is 5.69 Å². The van der Waals surface area contributed by atoms with Gasteiger partial charge in [0.2, 0.25) is 0 Å². The second kappa shape index (κ2) is 19.1. The third-order valence-electron chi connectivity index (χ3n) is 5.70. The molecule has 0 aliphatic carbocycles. The Morgan fingerprint density at radius 2 is 1.56 bits per heavy atom. The summed E-state index contributed by atoms with van der Waals surface area (Å²) in [6.07, 6.45) is -0.763. The highest BCUT2D eigenvalue weighted by atomic mass is 35.5. The number of aliphatic hydroxyl groups is 4. The number of benzene rings is 2. The van der Waals surface area contributed by atoms with Crippen molar-refractivity contribution in [1.82, 2.24) is 5.32 Å². The summed E-state index contributed by atoms with van der Waals surface area (Å²) in [5, 5.41) is 50.6. The van der Waals surface area contributed by atoms with E-state index in [9.17, 15) is 33.2 Å². The van der Waals surface area contributed by atoms with Crippen molar-refractivity contribution in [3.8, 4) is 5.75 Å². The third kappa shape index (κ3) is 15.2. The molecule has 43 heavy (non-hydrogen) atoms. The van der Waals surface area contributed by atoms with Crippen LogP contribution in [0.15, 0.2) is 48.5 Å². The van der Waals surface area contributed by atoms with Crippen LogP contribution >= 0.6 is 11.6 Å². The third-order valence-corrected chi connectivity index (χ3v) is 6.76. The lowest BCUT2D eigenvalue weighted by molar-refractivity contribution is -0.384. The number of nitrogens with zero attached hydrogens (tertiary/aromatic N) is 1. The number of non-ortho nitro benzene ring substituents is 1. The maximum atomic E-state index is 11.8. The molecule has 2 aromatic carbocycles. The van der Waals surface area contributed by atoms with E-state index in [4.69, 9.17) is 36.2 Å². The van der Waals surface area contributed by atoms with Crippen molar-refractivity contribution in [3.05, 3.63) is 69.2 Å². The van der Waals surface area contributed by atoms with E-state index in [2.05, 4.69) is 10.1 Å². The molecule has 0 fully saturated rings. The molecule has 0 saturated carbocycles. The molecule has 0 aromatic heterocycles. The Kier molecular flexibility index (Phi) is 16.8. The molecular weight excluding hydrogens is 616 g/mol. The zero-order valence-electron chi connectivity index (χ0n) is 23.0. The van der Waals surface area contributed by atoms with E-state index in [1.54, 1.807) is 24.3 Å². The molecule has 1 atom stereocenters. The fourth-order valence-corrected chi connectivity index (χ4v) is 3.85. The Labute approximate surface area is 252 Å². The fraction of sp³-hybridized carbons (Fsp3) is 0.462. The van der Waals surface area contributed by atoms with E-state index in [1.165, 1.54) is 12.1 Å². The Bertz CT molecular complexity index is 1250. The van der Waals surface area contributed by atoms with Gasteiger partial charge in [0, 0.05) is 23.6 Å².